The van der Waals surface area contributed by atoms with E-state index in [1.54, 1.807) is 0 Å². The van der Waals surface area contributed by atoms with E-state index in [1.165, 1.54) is 0 Å². The summed E-state index contributed by atoms with van der Waals surface area (Å²) in [6, 6.07) is 0. The van der Waals surface area contributed by atoms with Crippen molar-refractivity contribution in [3.63, 3.8) is 0 Å². The molecule has 0 nitrogen and oxygen atoms in total. The second-order valence-electron chi connectivity index (χ2n) is 0.545. The molecule has 0 aliphatic heterocycles. The zero-order chi connectivity index (χ0) is 4.28. The zero-order valence-corrected chi connectivity index (χ0v) is 4.76. The number of hydrogen-bond acceptors (Lipinski definition) is 0. The van der Waals surface area contributed by atoms with Crippen molar-refractivity contribution in [2.45, 2.75) is 4.29 Å². The van der Waals surface area contributed by atoms with Gasteiger partial charge in [0.15, 0.2) is 0 Å². The second-order valence-corrected chi connectivity index (χ2v) is 2.70. The third-order valence-electron chi connectivity index (χ3n) is 0.117. The van der Waals surface area contributed by atoms with Crippen molar-refractivity contribution in [1.29, 1.82) is 0 Å². The van der Waals surface area contributed by atoms with E-state index in [4.69, 9.17) is 11.6 Å². The quantitative estimate of drug-likeness (QED) is 0.516. The average Bonchev–Trinajstić information content (AvgIpc) is 1.38. The molecule has 0 radical (unpaired) electrons. The normalized spacial score (nSPS) is 15.0. The van der Waals surface area contributed by atoms with Gasteiger partial charge in [-0.3, -0.25) is 0 Å². The first-order chi connectivity index (χ1) is 2.27. The maximum atomic E-state index is 10.9. The fourth-order valence-electron chi connectivity index (χ4n) is 0. The molecule has 0 aromatic carbocycles. The maximum absolute atomic E-state index is 10.9. The van der Waals surface area contributed by atoms with Crippen LogP contribution in [0.25, 0.3) is 0 Å². The summed E-state index contributed by atoms with van der Waals surface area (Å²) in [6.07, 6.45) is 0. The molecule has 3 heteroatoms. The molecule has 0 aromatic heterocycles. The molecule has 5 heavy (non-hydrogen) atoms. The Hall–Kier alpha value is 0.700. The first-order valence-corrected chi connectivity index (χ1v) is 2.46. The summed E-state index contributed by atoms with van der Waals surface area (Å²) in [5.74, 6) is 0. The van der Waals surface area contributed by atoms with Gasteiger partial charge < -0.3 is 0 Å². The average molecular weight is 161 g/mol. The van der Waals surface area contributed by atoms with Crippen molar-refractivity contribution in [2.24, 2.45) is 0 Å². The highest BCUT2D eigenvalue weighted by molar-refractivity contribution is 9.10. The van der Waals surface area contributed by atoms with Gasteiger partial charge in [-0.1, -0.05) is 15.9 Å². The Balaban J connectivity index is 2.54. The SMILES string of the molecule is FCC(Cl)Br. The Labute approximate surface area is 43.4 Å². The van der Waals surface area contributed by atoms with Crippen molar-refractivity contribution in [1.82, 2.24) is 0 Å². The predicted octanol–water partition coefficient (Wildman–Crippen LogP) is 1.92. The van der Waals surface area contributed by atoms with Gasteiger partial charge in [0.2, 0.25) is 0 Å². The lowest BCUT2D eigenvalue weighted by Crippen LogP contribution is -1.83. The molecule has 0 amide bonds. The van der Waals surface area contributed by atoms with E-state index in [1.807, 2.05) is 0 Å². The Kier molecular flexibility index (Phi) is 3.32. The van der Waals surface area contributed by atoms with E-state index in [0.29, 0.717) is 0 Å². The molecule has 0 saturated carbocycles. The van der Waals surface area contributed by atoms with Crippen molar-refractivity contribution < 1.29 is 4.39 Å². The topological polar surface area (TPSA) is 0 Å². The molecule has 0 bridgehead atoms. The summed E-state index contributed by atoms with van der Waals surface area (Å²) in [4.78, 5) is 0. The minimum absolute atomic E-state index is 0.498. The van der Waals surface area contributed by atoms with Crippen LogP contribution in [0.3, 0.4) is 0 Å². The molecule has 32 valence electrons. The van der Waals surface area contributed by atoms with Gasteiger partial charge in [0.25, 0.3) is 0 Å². The minimum atomic E-state index is -0.512. The standard InChI is InChI=1S/C2H3BrClF/c3-2(4)1-5/h2H,1H2. The van der Waals surface area contributed by atoms with E-state index in [0.717, 1.165) is 0 Å². The highest BCUT2D eigenvalue weighted by Gasteiger charge is 1.89. The van der Waals surface area contributed by atoms with E-state index >= 15 is 0 Å². The van der Waals surface area contributed by atoms with Crippen LogP contribution in [-0.2, 0) is 0 Å². The zero-order valence-electron chi connectivity index (χ0n) is 2.42. The number of halogens is 3. The largest absolute Gasteiger partial charge is 0.249 e. The number of rotatable bonds is 1. The first kappa shape index (κ1) is 5.70. The highest BCUT2D eigenvalue weighted by Crippen LogP contribution is 2.02. The molecule has 0 heterocycles. The number of alkyl halides is 3. The monoisotopic (exact) mass is 160 g/mol. The van der Waals surface area contributed by atoms with Gasteiger partial charge in [-0.2, -0.15) is 0 Å². The van der Waals surface area contributed by atoms with Crippen LogP contribution in [0.4, 0.5) is 4.39 Å². The Morgan fingerprint density at radius 2 is 2.20 bits per heavy atom. The molecule has 0 spiro atoms. The molecular formula is C2H3BrClF. The minimum Gasteiger partial charge on any atom is -0.249 e. The summed E-state index contributed by atoms with van der Waals surface area (Å²) < 4.78 is 10.4. The van der Waals surface area contributed by atoms with Crippen molar-refractivity contribution in [3.8, 4) is 0 Å². The van der Waals surface area contributed by atoms with Crippen molar-refractivity contribution >= 4 is 27.5 Å². The lowest BCUT2D eigenvalue weighted by atomic mass is 10.9. The molecule has 1 unspecified atom stereocenters. The lowest BCUT2D eigenvalue weighted by Gasteiger charge is -1.81. The maximum Gasteiger partial charge on any atom is 0.117 e. The van der Waals surface area contributed by atoms with E-state index < -0.39 is 11.0 Å². The van der Waals surface area contributed by atoms with Crippen LogP contribution in [0.5, 0.6) is 0 Å². The Bertz CT molecular complexity index is 23.6. The van der Waals surface area contributed by atoms with E-state index in [2.05, 4.69) is 15.9 Å². The molecule has 0 saturated heterocycles. The predicted molar refractivity (Wildman–Crippen MR) is 24.5 cm³/mol. The fraction of sp³-hybridized carbons (Fsp3) is 1.00. The third-order valence-corrected chi connectivity index (χ3v) is 0.478. The van der Waals surface area contributed by atoms with Crippen LogP contribution in [0, 0.1) is 0 Å². The van der Waals surface area contributed by atoms with Gasteiger partial charge >= 0.3 is 0 Å². The molecular weight excluding hydrogens is 158 g/mol. The Morgan fingerprint density at radius 1 is 2.00 bits per heavy atom. The molecule has 0 aliphatic rings. The summed E-state index contributed by atoms with van der Waals surface area (Å²) in [6.45, 7) is -0.512. The van der Waals surface area contributed by atoms with Gasteiger partial charge in [0, 0.05) is 0 Å². The molecule has 0 N–H and O–H groups in total. The summed E-state index contributed by atoms with van der Waals surface area (Å²) in [5.41, 5.74) is 0. The van der Waals surface area contributed by atoms with Gasteiger partial charge in [0.1, 0.15) is 11.0 Å². The van der Waals surface area contributed by atoms with Crippen LogP contribution < -0.4 is 0 Å². The fourth-order valence-corrected chi connectivity index (χ4v) is 0. The molecule has 0 aliphatic carbocycles. The molecule has 0 rings (SSSR count). The van der Waals surface area contributed by atoms with Gasteiger partial charge in [-0.15, -0.1) is 11.6 Å². The first-order valence-electron chi connectivity index (χ1n) is 1.11. The van der Waals surface area contributed by atoms with Crippen molar-refractivity contribution in [2.75, 3.05) is 6.67 Å². The Morgan fingerprint density at radius 3 is 2.20 bits per heavy atom. The number of hydrogen-bond donors (Lipinski definition) is 0. The van der Waals surface area contributed by atoms with Crippen LogP contribution in [0.15, 0.2) is 0 Å². The molecule has 0 aromatic rings. The molecule has 0 fully saturated rings. The smallest absolute Gasteiger partial charge is 0.117 e. The van der Waals surface area contributed by atoms with Crippen LogP contribution >= 0.6 is 27.5 Å². The van der Waals surface area contributed by atoms with Crippen LogP contribution in [0.2, 0.25) is 0 Å². The lowest BCUT2D eigenvalue weighted by molar-refractivity contribution is 0.522. The summed E-state index contributed by atoms with van der Waals surface area (Å²) >= 11 is 7.77. The van der Waals surface area contributed by atoms with Gasteiger partial charge in [-0.05, 0) is 0 Å². The van der Waals surface area contributed by atoms with Gasteiger partial charge in [0.05, 0.1) is 0 Å². The molecule has 1 atom stereocenters. The van der Waals surface area contributed by atoms with Gasteiger partial charge in [-0.25, -0.2) is 4.39 Å². The van der Waals surface area contributed by atoms with E-state index in [9.17, 15) is 4.39 Å². The second kappa shape index (κ2) is 2.91. The van der Waals surface area contributed by atoms with Crippen LogP contribution in [0.1, 0.15) is 0 Å². The summed E-state index contributed by atoms with van der Waals surface area (Å²) in [7, 11) is 0. The van der Waals surface area contributed by atoms with Crippen molar-refractivity contribution in [3.05, 3.63) is 0 Å². The summed E-state index contributed by atoms with van der Waals surface area (Å²) in [5, 5.41) is 0. The van der Waals surface area contributed by atoms with Crippen LogP contribution in [-0.4, -0.2) is 11.0 Å². The van der Waals surface area contributed by atoms with E-state index in [-0.39, 0.29) is 0 Å². The highest BCUT2D eigenvalue weighted by atomic mass is 79.9. The third kappa shape index (κ3) is 4.70.